The van der Waals surface area contributed by atoms with Crippen LogP contribution in [0.25, 0.3) is 0 Å². The lowest BCUT2D eigenvalue weighted by Crippen LogP contribution is -2.38. The van der Waals surface area contributed by atoms with Gasteiger partial charge < -0.3 is 10.2 Å². The van der Waals surface area contributed by atoms with Gasteiger partial charge in [0.05, 0.1) is 6.04 Å². The van der Waals surface area contributed by atoms with E-state index in [0.717, 1.165) is 19.5 Å². The van der Waals surface area contributed by atoms with Crippen molar-refractivity contribution in [1.82, 2.24) is 10.2 Å². The van der Waals surface area contributed by atoms with Gasteiger partial charge in [0, 0.05) is 18.0 Å². The summed E-state index contributed by atoms with van der Waals surface area (Å²) < 4.78 is 0. The molecule has 1 aliphatic heterocycles. The zero-order valence-electron chi connectivity index (χ0n) is 7.97. The molecular formula is C9H18N2S. The van der Waals surface area contributed by atoms with E-state index in [1.165, 1.54) is 17.8 Å². The molecule has 1 saturated heterocycles. The zero-order valence-corrected chi connectivity index (χ0v) is 8.78. The smallest absolute Gasteiger partial charge is 0.0513 e. The van der Waals surface area contributed by atoms with Gasteiger partial charge in [-0.1, -0.05) is 19.1 Å². The number of nitrogens with zero attached hydrogens (tertiary/aromatic N) is 1. The second kappa shape index (κ2) is 4.90. The van der Waals surface area contributed by atoms with Gasteiger partial charge in [-0.2, -0.15) is 0 Å². The molecule has 0 saturated carbocycles. The summed E-state index contributed by atoms with van der Waals surface area (Å²) in [5.74, 6) is 0. The first-order valence-corrected chi connectivity index (χ1v) is 5.09. The molecular weight excluding hydrogens is 168 g/mol. The molecule has 1 aliphatic rings. The van der Waals surface area contributed by atoms with Gasteiger partial charge in [-0.25, -0.2) is 0 Å². The summed E-state index contributed by atoms with van der Waals surface area (Å²) in [6.45, 7) is 5.52. The number of nitrogens with one attached hydrogen (secondary N) is 1. The maximum atomic E-state index is 5.25. The minimum Gasteiger partial charge on any atom is -0.308 e. The molecule has 1 atom stereocenters. The normalized spacial score (nSPS) is 23.9. The highest BCUT2D eigenvalue weighted by molar-refractivity contribution is 7.80. The highest BCUT2D eigenvalue weighted by Crippen LogP contribution is 2.04. The molecule has 0 radical (unpaired) electrons. The van der Waals surface area contributed by atoms with Gasteiger partial charge in [-0.15, -0.1) is 0 Å². The van der Waals surface area contributed by atoms with E-state index in [1.807, 2.05) is 0 Å². The van der Waals surface area contributed by atoms with Crippen molar-refractivity contribution in [2.45, 2.75) is 25.8 Å². The van der Waals surface area contributed by atoms with Crippen LogP contribution in [0.3, 0.4) is 0 Å². The maximum Gasteiger partial charge on any atom is 0.0513 e. The Morgan fingerprint density at radius 3 is 2.92 bits per heavy atom. The van der Waals surface area contributed by atoms with Crippen molar-refractivity contribution in [3.8, 4) is 0 Å². The fraction of sp³-hybridized carbons (Fsp3) is 0.889. The van der Waals surface area contributed by atoms with Crippen molar-refractivity contribution in [3.05, 3.63) is 0 Å². The first kappa shape index (κ1) is 10.1. The molecule has 0 spiro atoms. The van der Waals surface area contributed by atoms with Crippen molar-refractivity contribution in [2.75, 3.05) is 26.7 Å². The Balaban J connectivity index is 2.25. The predicted octanol–water partition coefficient (Wildman–Crippen LogP) is 1.06. The Morgan fingerprint density at radius 2 is 2.42 bits per heavy atom. The second-order valence-electron chi connectivity index (χ2n) is 3.49. The maximum absolute atomic E-state index is 5.25. The molecule has 0 aromatic carbocycles. The Bertz CT molecular complexity index is 159. The largest absolute Gasteiger partial charge is 0.308 e. The first-order chi connectivity index (χ1) is 5.74. The fourth-order valence-electron chi connectivity index (χ4n) is 1.61. The van der Waals surface area contributed by atoms with Gasteiger partial charge in [0.2, 0.25) is 0 Å². The minimum atomic E-state index is 0.469. The Morgan fingerprint density at radius 1 is 1.67 bits per heavy atom. The monoisotopic (exact) mass is 186 g/mol. The molecule has 12 heavy (non-hydrogen) atoms. The standard InChI is InChI=1S/C9H18N2S/c1-3-6-11(2)7-8-9(12)4-5-10-8/h8,10H,3-7H2,1-2H3. The van der Waals surface area contributed by atoms with Crippen LogP contribution in [0, 0.1) is 0 Å². The topological polar surface area (TPSA) is 15.3 Å². The SMILES string of the molecule is CCCN(C)CC1NCCC1=S. The van der Waals surface area contributed by atoms with Crippen LogP contribution in [-0.2, 0) is 0 Å². The summed E-state index contributed by atoms with van der Waals surface area (Å²) in [5.41, 5.74) is 0. The molecule has 3 heteroatoms. The van der Waals surface area contributed by atoms with Gasteiger partial charge in [0.1, 0.15) is 0 Å². The van der Waals surface area contributed by atoms with Gasteiger partial charge in [-0.05, 0) is 26.4 Å². The highest BCUT2D eigenvalue weighted by atomic mass is 32.1. The molecule has 0 bridgehead atoms. The van der Waals surface area contributed by atoms with Gasteiger partial charge in [-0.3, -0.25) is 0 Å². The third-order valence-electron chi connectivity index (χ3n) is 2.25. The van der Waals surface area contributed by atoms with Crippen LogP contribution in [0.15, 0.2) is 0 Å². The van der Waals surface area contributed by atoms with Crippen molar-refractivity contribution in [3.63, 3.8) is 0 Å². The van der Waals surface area contributed by atoms with Crippen molar-refractivity contribution < 1.29 is 0 Å². The summed E-state index contributed by atoms with van der Waals surface area (Å²) in [6, 6.07) is 0.469. The van der Waals surface area contributed by atoms with Gasteiger partial charge in [0.15, 0.2) is 0 Å². The quantitative estimate of drug-likeness (QED) is 0.661. The second-order valence-corrected chi connectivity index (χ2v) is 4.01. The Hall–Kier alpha value is 0.01000. The molecule has 1 rings (SSSR count). The summed E-state index contributed by atoms with van der Waals surface area (Å²) >= 11 is 5.25. The van der Waals surface area contributed by atoms with E-state index >= 15 is 0 Å². The van der Waals surface area contributed by atoms with Gasteiger partial charge in [0.25, 0.3) is 0 Å². The van der Waals surface area contributed by atoms with E-state index in [4.69, 9.17) is 12.2 Å². The van der Waals surface area contributed by atoms with Crippen LogP contribution in [0.5, 0.6) is 0 Å². The van der Waals surface area contributed by atoms with E-state index in [9.17, 15) is 0 Å². The number of hydrogen-bond acceptors (Lipinski definition) is 3. The first-order valence-electron chi connectivity index (χ1n) is 4.68. The van der Waals surface area contributed by atoms with Gasteiger partial charge >= 0.3 is 0 Å². The summed E-state index contributed by atoms with van der Waals surface area (Å²) in [6.07, 6.45) is 2.30. The molecule has 1 unspecified atom stereocenters. The predicted molar refractivity (Wildman–Crippen MR) is 56.8 cm³/mol. The average Bonchev–Trinajstić information content (AvgIpc) is 2.37. The van der Waals surface area contributed by atoms with E-state index < -0.39 is 0 Å². The number of thiocarbonyl (C=S) groups is 1. The molecule has 2 nitrogen and oxygen atoms in total. The molecule has 0 aromatic heterocycles. The fourth-order valence-corrected chi connectivity index (χ4v) is 1.87. The number of likely N-dealkylation sites (N-methyl/N-ethyl adjacent to an activating group) is 1. The van der Waals surface area contributed by atoms with E-state index in [0.29, 0.717) is 6.04 Å². The average molecular weight is 186 g/mol. The molecule has 1 fully saturated rings. The third kappa shape index (κ3) is 2.81. The highest BCUT2D eigenvalue weighted by Gasteiger charge is 2.20. The van der Waals surface area contributed by atoms with E-state index in [-0.39, 0.29) is 0 Å². The van der Waals surface area contributed by atoms with Crippen LogP contribution in [0.4, 0.5) is 0 Å². The Labute approximate surface area is 80.3 Å². The molecule has 1 heterocycles. The van der Waals surface area contributed by atoms with Crippen LogP contribution >= 0.6 is 12.2 Å². The summed E-state index contributed by atoms with van der Waals surface area (Å²) in [5, 5.41) is 3.41. The van der Waals surface area contributed by atoms with Crippen LogP contribution in [0.2, 0.25) is 0 Å². The van der Waals surface area contributed by atoms with Crippen LogP contribution in [-0.4, -0.2) is 42.5 Å². The minimum absolute atomic E-state index is 0.469. The molecule has 70 valence electrons. The van der Waals surface area contributed by atoms with E-state index in [2.05, 4.69) is 24.2 Å². The molecule has 0 aliphatic carbocycles. The summed E-state index contributed by atoms with van der Waals surface area (Å²) in [4.78, 5) is 3.55. The lowest BCUT2D eigenvalue weighted by atomic mass is 10.2. The van der Waals surface area contributed by atoms with Crippen molar-refractivity contribution in [1.29, 1.82) is 0 Å². The molecule has 1 N–H and O–H groups in total. The third-order valence-corrected chi connectivity index (χ3v) is 2.74. The number of hydrogen-bond donors (Lipinski definition) is 1. The lowest BCUT2D eigenvalue weighted by molar-refractivity contribution is 0.322. The Kier molecular flexibility index (Phi) is 4.12. The van der Waals surface area contributed by atoms with E-state index in [1.54, 1.807) is 0 Å². The van der Waals surface area contributed by atoms with Crippen molar-refractivity contribution in [2.24, 2.45) is 0 Å². The lowest BCUT2D eigenvalue weighted by Gasteiger charge is -2.20. The zero-order chi connectivity index (χ0) is 8.97. The number of rotatable bonds is 4. The molecule has 0 aromatic rings. The molecule has 0 amide bonds. The van der Waals surface area contributed by atoms with Crippen molar-refractivity contribution >= 4 is 17.1 Å². The van der Waals surface area contributed by atoms with Crippen LogP contribution < -0.4 is 5.32 Å². The summed E-state index contributed by atoms with van der Waals surface area (Å²) in [7, 11) is 2.16. The van der Waals surface area contributed by atoms with Crippen LogP contribution in [0.1, 0.15) is 19.8 Å².